The van der Waals surface area contributed by atoms with Gasteiger partial charge in [0.2, 0.25) is 0 Å². The van der Waals surface area contributed by atoms with Gasteiger partial charge in [-0.15, -0.1) is 12.4 Å². The quantitative estimate of drug-likeness (QED) is 0.727. The van der Waals surface area contributed by atoms with Crippen LogP contribution >= 0.6 is 12.4 Å². The summed E-state index contributed by atoms with van der Waals surface area (Å²) in [5.41, 5.74) is 0.890. The van der Waals surface area contributed by atoms with Gasteiger partial charge in [0.15, 0.2) is 9.84 Å². The maximum Gasteiger partial charge on any atom is 0.253 e. The second-order valence-corrected chi connectivity index (χ2v) is 9.02. The van der Waals surface area contributed by atoms with Gasteiger partial charge >= 0.3 is 0 Å². The van der Waals surface area contributed by atoms with Gasteiger partial charge in [0.1, 0.15) is 11.6 Å². The number of sulfone groups is 1. The predicted octanol–water partition coefficient (Wildman–Crippen LogP) is 3.14. The van der Waals surface area contributed by atoms with E-state index in [9.17, 15) is 22.0 Å². The van der Waals surface area contributed by atoms with Crippen molar-refractivity contribution in [2.24, 2.45) is 0 Å². The molecule has 1 fully saturated rings. The average Bonchev–Trinajstić information content (AvgIpc) is 2.85. The zero-order chi connectivity index (χ0) is 20.3. The smallest absolute Gasteiger partial charge is 0.253 e. The lowest BCUT2D eigenvalue weighted by Crippen LogP contribution is -2.35. The summed E-state index contributed by atoms with van der Waals surface area (Å²) < 4.78 is 50.2. The fourth-order valence-corrected chi connectivity index (χ4v) is 4.00. The Morgan fingerprint density at radius 1 is 1.00 bits per heavy atom. The Balaban J connectivity index is 0.00000300. The standard InChI is InChI=1S/C20H22F2N2O3S.ClH/c1-28(26,27)19-5-2-4-16(12-19)20(25)24-7-3-6-23(8-9-24)14-15-10-17(21)13-18(22)11-15;/h2,4-5,10-13H,3,6-9,14H2,1H3;1H. The summed E-state index contributed by atoms with van der Waals surface area (Å²) in [7, 11) is -3.39. The number of halogens is 3. The molecule has 2 aromatic rings. The maximum atomic E-state index is 13.4. The van der Waals surface area contributed by atoms with E-state index in [4.69, 9.17) is 0 Å². The molecule has 0 saturated carbocycles. The highest BCUT2D eigenvalue weighted by Gasteiger charge is 2.21. The predicted molar refractivity (Wildman–Crippen MR) is 109 cm³/mol. The third-order valence-electron chi connectivity index (χ3n) is 4.71. The van der Waals surface area contributed by atoms with Crippen molar-refractivity contribution < 1.29 is 22.0 Å². The Hall–Kier alpha value is -2.03. The molecule has 0 radical (unpaired) electrons. The zero-order valence-corrected chi connectivity index (χ0v) is 17.6. The molecule has 0 unspecified atom stereocenters. The van der Waals surface area contributed by atoms with E-state index >= 15 is 0 Å². The van der Waals surface area contributed by atoms with Crippen LogP contribution < -0.4 is 0 Å². The lowest BCUT2D eigenvalue weighted by molar-refractivity contribution is 0.0761. The highest BCUT2D eigenvalue weighted by Crippen LogP contribution is 2.16. The molecule has 0 spiro atoms. The van der Waals surface area contributed by atoms with Crippen LogP contribution in [-0.2, 0) is 16.4 Å². The lowest BCUT2D eigenvalue weighted by atomic mass is 10.2. The second kappa shape index (κ2) is 9.65. The Bertz CT molecular complexity index is 965. The van der Waals surface area contributed by atoms with Gasteiger partial charge in [0.05, 0.1) is 4.90 Å². The van der Waals surface area contributed by atoms with Crippen molar-refractivity contribution in [3.05, 3.63) is 65.2 Å². The molecule has 1 aliphatic rings. The number of amides is 1. The Labute approximate surface area is 175 Å². The summed E-state index contributed by atoms with van der Waals surface area (Å²) in [6, 6.07) is 9.50. The molecule has 0 aromatic heterocycles. The topological polar surface area (TPSA) is 57.7 Å². The molecule has 0 N–H and O–H groups in total. The molecule has 1 heterocycles. The molecule has 0 aliphatic carbocycles. The van der Waals surface area contributed by atoms with Crippen LogP contribution in [-0.4, -0.2) is 56.6 Å². The van der Waals surface area contributed by atoms with Gasteiger partial charge in [-0.2, -0.15) is 0 Å². The number of carbonyl (C=O) groups excluding carboxylic acids is 1. The van der Waals surface area contributed by atoms with E-state index in [2.05, 4.69) is 4.90 Å². The van der Waals surface area contributed by atoms with Crippen LogP contribution in [0, 0.1) is 11.6 Å². The number of nitrogens with zero attached hydrogens (tertiary/aromatic N) is 2. The van der Waals surface area contributed by atoms with Crippen molar-refractivity contribution in [1.82, 2.24) is 9.80 Å². The molecule has 3 rings (SSSR count). The summed E-state index contributed by atoms with van der Waals surface area (Å²) in [6.07, 6.45) is 1.82. The summed E-state index contributed by atoms with van der Waals surface area (Å²) in [6.45, 7) is 2.66. The molecular formula is C20H23ClF2N2O3S. The normalized spacial score (nSPS) is 15.5. The van der Waals surface area contributed by atoms with E-state index in [1.807, 2.05) is 0 Å². The summed E-state index contributed by atoms with van der Waals surface area (Å²) >= 11 is 0. The number of benzene rings is 2. The lowest BCUT2D eigenvalue weighted by Gasteiger charge is -2.22. The SMILES string of the molecule is CS(=O)(=O)c1cccc(C(=O)N2CCCN(Cc3cc(F)cc(F)c3)CC2)c1.Cl. The molecule has 9 heteroatoms. The Kier molecular flexibility index (Phi) is 7.73. The van der Waals surface area contributed by atoms with Crippen LogP contribution in [0.1, 0.15) is 22.3 Å². The molecule has 1 saturated heterocycles. The van der Waals surface area contributed by atoms with Gasteiger partial charge in [0, 0.05) is 50.6 Å². The number of hydrogen-bond donors (Lipinski definition) is 0. The maximum absolute atomic E-state index is 13.4. The van der Waals surface area contributed by atoms with Gasteiger partial charge in [-0.1, -0.05) is 6.07 Å². The van der Waals surface area contributed by atoms with Gasteiger partial charge in [-0.3, -0.25) is 9.69 Å². The van der Waals surface area contributed by atoms with E-state index in [0.717, 1.165) is 18.7 Å². The first-order chi connectivity index (χ1) is 13.2. The highest BCUT2D eigenvalue weighted by molar-refractivity contribution is 7.90. The van der Waals surface area contributed by atoms with Gasteiger partial charge in [-0.05, 0) is 42.3 Å². The van der Waals surface area contributed by atoms with Gasteiger partial charge < -0.3 is 4.90 Å². The third kappa shape index (κ3) is 6.22. The summed E-state index contributed by atoms with van der Waals surface area (Å²) in [5.74, 6) is -1.43. The van der Waals surface area contributed by atoms with Crippen LogP contribution in [0.3, 0.4) is 0 Å². The number of rotatable bonds is 4. The van der Waals surface area contributed by atoms with E-state index in [-0.39, 0.29) is 23.2 Å². The molecule has 0 atom stereocenters. The van der Waals surface area contributed by atoms with Crippen molar-refractivity contribution in [2.75, 3.05) is 32.4 Å². The zero-order valence-electron chi connectivity index (χ0n) is 16.0. The van der Waals surface area contributed by atoms with Crippen molar-refractivity contribution in [1.29, 1.82) is 0 Å². The summed E-state index contributed by atoms with van der Waals surface area (Å²) in [4.78, 5) is 16.7. The molecule has 29 heavy (non-hydrogen) atoms. The molecule has 0 bridgehead atoms. The Morgan fingerprint density at radius 3 is 2.34 bits per heavy atom. The van der Waals surface area contributed by atoms with Crippen LogP contribution in [0.15, 0.2) is 47.4 Å². The minimum atomic E-state index is -3.39. The molecular weight excluding hydrogens is 422 g/mol. The number of hydrogen-bond acceptors (Lipinski definition) is 4. The van der Waals surface area contributed by atoms with E-state index in [1.165, 1.54) is 24.3 Å². The fraction of sp³-hybridized carbons (Fsp3) is 0.350. The van der Waals surface area contributed by atoms with E-state index in [1.54, 1.807) is 17.0 Å². The van der Waals surface area contributed by atoms with Crippen LogP contribution in [0.25, 0.3) is 0 Å². The largest absolute Gasteiger partial charge is 0.337 e. The minimum absolute atomic E-state index is 0. The molecule has 1 aliphatic heterocycles. The van der Waals surface area contributed by atoms with Crippen molar-refractivity contribution in [3.8, 4) is 0 Å². The average molecular weight is 445 g/mol. The van der Waals surface area contributed by atoms with Crippen molar-refractivity contribution in [3.63, 3.8) is 0 Å². The second-order valence-electron chi connectivity index (χ2n) is 7.00. The van der Waals surface area contributed by atoms with Gasteiger partial charge in [0.25, 0.3) is 5.91 Å². The Morgan fingerprint density at radius 2 is 1.69 bits per heavy atom. The third-order valence-corrected chi connectivity index (χ3v) is 5.82. The first-order valence-corrected chi connectivity index (χ1v) is 10.9. The fourth-order valence-electron chi connectivity index (χ4n) is 3.33. The molecule has 1 amide bonds. The molecule has 158 valence electrons. The van der Waals surface area contributed by atoms with Crippen LogP contribution in [0.4, 0.5) is 8.78 Å². The van der Waals surface area contributed by atoms with Gasteiger partial charge in [-0.25, -0.2) is 17.2 Å². The first kappa shape index (κ1) is 23.3. The highest BCUT2D eigenvalue weighted by atomic mass is 35.5. The summed E-state index contributed by atoms with van der Waals surface area (Å²) in [5, 5.41) is 0. The minimum Gasteiger partial charge on any atom is -0.337 e. The monoisotopic (exact) mass is 444 g/mol. The van der Waals surface area contributed by atoms with E-state index in [0.29, 0.717) is 43.9 Å². The van der Waals surface area contributed by atoms with Crippen molar-refractivity contribution in [2.45, 2.75) is 17.9 Å². The van der Waals surface area contributed by atoms with Crippen molar-refractivity contribution >= 4 is 28.2 Å². The van der Waals surface area contributed by atoms with Crippen LogP contribution in [0.5, 0.6) is 0 Å². The van der Waals surface area contributed by atoms with E-state index < -0.39 is 21.5 Å². The molecule has 5 nitrogen and oxygen atoms in total. The van der Waals surface area contributed by atoms with Crippen LogP contribution in [0.2, 0.25) is 0 Å². The number of carbonyl (C=O) groups is 1. The molecule has 2 aromatic carbocycles. The first-order valence-electron chi connectivity index (χ1n) is 8.99.